The lowest BCUT2D eigenvalue weighted by Crippen LogP contribution is -2.44. The largest absolute Gasteiger partial charge is 0.405 e. The van der Waals surface area contributed by atoms with Crippen molar-refractivity contribution in [2.75, 3.05) is 18.6 Å². The first-order valence-corrected chi connectivity index (χ1v) is 6.35. The van der Waals surface area contributed by atoms with Gasteiger partial charge in [-0.1, -0.05) is 0 Å². The van der Waals surface area contributed by atoms with Gasteiger partial charge in [0.25, 0.3) is 0 Å². The molecule has 0 radical (unpaired) electrons. The number of carbonyl (C=O) groups excluding carboxylic acids is 1. The van der Waals surface area contributed by atoms with Crippen molar-refractivity contribution in [1.29, 1.82) is 0 Å². The predicted octanol–water partition coefficient (Wildman–Crippen LogP) is -0.573. The molecule has 16 heavy (non-hydrogen) atoms. The predicted molar refractivity (Wildman–Crippen MR) is 51.4 cm³/mol. The molecule has 9 heteroatoms. The van der Waals surface area contributed by atoms with Crippen LogP contribution >= 0.6 is 0 Å². The maximum Gasteiger partial charge on any atom is 0.405 e. The minimum atomic E-state index is -4.51. The second-order valence-electron chi connectivity index (χ2n) is 3.36. The summed E-state index contributed by atoms with van der Waals surface area (Å²) in [5.74, 6) is -1.35. The zero-order valence-corrected chi connectivity index (χ0v) is 9.36. The lowest BCUT2D eigenvalue weighted by Gasteiger charge is -2.12. The van der Waals surface area contributed by atoms with Gasteiger partial charge in [0, 0.05) is 6.26 Å². The summed E-state index contributed by atoms with van der Waals surface area (Å²) in [6.07, 6.45) is -3.76. The van der Waals surface area contributed by atoms with Gasteiger partial charge >= 0.3 is 6.18 Å². The molecule has 0 rings (SSSR count). The van der Waals surface area contributed by atoms with Crippen molar-refractivity contribution in [3.63, 3.8) is 0 Å². The summed E-state index contributed by atoms with van der Waals surface area (Å²) in [5, 5.41) is 1.57. The van der Waals surface area contributed by atoms with Crippen LogP contribution in [0.2, 0.25) is 0 Å². The van der Waals surface area contributed by atoms with Crippen molar-refractivity contribution in [2.24, 2.45) is 5.73 Å². The first kappa shape index (κ1) is 15.2. The highest BCUT2D eigenvalue weighted by atomic mass is 32.2. The van der Waals surface area contributed by atoms with Gasteiger partial charge in [0.1, 0.15) is 16.4 Å². The standard InChI is InChI=1S/C7H13F3N2O3S/c1-16(14,15)3-2-5(11)6(13)12-4-7(8,9)10/h5H,2-4,11H2,1H3,(H,12,13)/t5-/m1/s1. The molecule has 0 fully saturated rings. The Morgan fingerprint density at radius 2 is 1.94 bits per heavy atom. The Hall–Kier alpha value is -0.830. The molecule has 0 aromatic heterocycles. The number of alkyl halides is 3. The van der Waals surface area contributed by atoms with Crippen molar-refractivity contribution in [3.8, 4) is 0 Å². The number of rotatable bonds is 5. The minimum absolute atomic E-state index is 0.206. The van der Waals surface area contributed by atoms with Gasteiger partial charge in [-0.05, 0) is 6.42 Å². The molecule has 1 atom stereocenters. The summed E-state index contributed by atoms with van der Waals surface area (Å²) < 4.78 is 56.5. The Kier molecular flexibility index (Phi) is 5.20. The molecule has 0 saturated heterocycles. The Bertz CT molecular complexity index is 339. The van der Waals surface area contributed by atoms with Gasteiger partial charge in [0.05, 0.1) is 11.8 Å². The monoisotopic (exact) mass is 262 g/mol. The van der Waals surface area contributed by atoms with Crippen LogP contribution in [0.4, 0.5) is 13.2 Å². The SMILES string of the molecule is CS(=O)(=O)CC[C@@H](N)C(=O)NCC(F)(F)F. The van der Waals surface area contributed by atoms with Gasteiger partial charge in [0.2, 0.25) is 5.91 Å². The van der Waals surface area contributed by atoms with Crippen LogP contribution in [0.25, 0.3) is 0 Å². The molecule has 5 nitrogen and oxygen atoms in total. The fourth-order valence-electron chi connectivity index (χ4n) is 0.791. The Morgan fingerprint density at radius 3 is 2.31 bits per heavy atom. The van der Waals surface area contributed by atoms with E-state index in [-0.39, 0.29) is 12.2 Å². The summed E-state index contributed by atoms with van der Waals surface area (Å²) in [5.41, 5.74) is 5.21. The van der Waals surface area contributed by atoms with Gasteiger partial charge < -0.3 is 11.1 Å². The molecule has 0 saturated carbocycles. The number of nitrogens with two attached hydrogens (primary N) is 1. The highest BCUT2D eigenvalue weighted by molar-refractivity contribution is 7.90. The summed E-state index contributed by atoms with van der Waals surface area (Å²) in [4.78, 5) is 11.0. The van der Waals surface area contributed by atoms with Crippen LogP contribution in [0, 0.1) is 0 Å². The lowest BCUT2D eigenvalue weighted by atomic mass is 10.2. The van der Waals surface area contributed by atoms with Crippen LogP contribution in [-0.4, -0.2) is 45.1 Å². The van der Waals surface area contributed by atoms with Crippen LogP contribution < -0.4 is 11.1 Å². The Labute approximate surface area is 91.1 Å². The number of amides is 1. The molecule has 0 bridgehead atoms. The molecule has 1 amide bonds. The van der Waals surface area contributed by atoms with Gasteiger partial charge in [-0.15, -0.1) is 0 Å². The van der Waals surface area contributed by atoms with Crippen molar-refractivity contribution >= 4 is 15.7 Å². The molecule has 3 N–H and O–H groups in total. The first-order valence-electron chi connectivity index (χ1n) is 4.29. The Morgan fingerprint density at radius 1 is 1.44 bits per heavy atom. The second kappa shape index (κ2) is 5.48. The maximum absolute atomic E-state index is 11.7. The third kappa shape index (κ3) is 8.48. The van der Waals surface area contributed by atoms with Crippen LogP contribution in [0.5, 0.6) is 0 Å². The first-order chi connectivity index (χ1) is 7.01. The molecule has 0 unspecified atom stereocenters. The quantitative estimate of drug-likeness (QED) is 0.694. The normalized spacial score (nSPS) is 14.6. The van der Waals surface area contributed by atoms with E-state index in [1.54, 1.807) is 5.32 Å². The smallest absolute Gasteiger partial charge is 0.346 e. The van der Waals surface area contributed by atoms with Gasteiger partial charge in [-0.25, -0.2) is 8.42 Å². The summed E-state index contributed by atoms with van der Waals surface area (Å²) in [6.45, 7) is -1.47. The summed E-state index contributed by atoms with van der Waals surface area (Å²) >= 11 is 0. The van der Waals surface area contributed by atoms with Crippen molar-refractivity contribution in [2.45, 2.75) is 18.6 Å². The molecular formula is C7H13F3N2O3S. The van der Waals surface area contributed by atoms with Crippen LogP contribution in [0.3, 0.4) is 0 Å². The zero-order chi connectivity index (χ0) is 13.0. The van der Waals surface area contributed by atoms with Gasteiger partial charge in [-0.3, -0.25) is 4.79 Å². The van der Waals surface area contributed by atoms with E-state index in [9.17, 15) is 26.4 Å². The fraction of sp³-hybridized carbons (Fsp3) is 0.857. The number of nitrogens with one attached hydrogen (secondary N) is 1. The molecule has 0 aromatic rings. The second-order valence-corrected chi connectivity index (χ2v) is 5.62. The van der Waals surface area contributed by atoms with E-state index >= 15 is 0 Å². The molecule has 0 heterocycles. The fourth-order valence-corrected chi connectivity index (χ4v) is 1.47. The molecule has 0 aliphatic rings. The number of hydrogen-bond acceptors (Lipinski definition) is 4. The topological polar surface area (TPSA) is 89.3 Å². The average molecular weight is 262 g/mol. The minimum Gasteiger partial charge on any atom is -0.346 e. The van der Waals surface area contributed by atoms with Crippen LogP contribution in [0.15, 0.2) is 0 Å². The van der Waals surface area contributed by atoms with E-state index in [0.717, 1.165) is 6.26 Å². The number of hydrogen-bond donors (Lipinski definition) is 2. The van der Waals surface area contributed by atoms with E-state index in [1.165, 1.54) is 0 Å². The molecule has 0 aromatic carbocycles. The highest BCUT2D eigenvalue weighted by Crippen LogP contribution is 2.12. The van der Waals surface area contributed by atoms with Gasteiger partial charge in [0.15, 0.2) is 0 Å². The molecule has 0 spiro atoms. The van der Waals surface area contributed by atoms with E-state index in [4.69, 9.17) is 5.73 Å². The Balaban J connectivity index is 4.01. The van der Waals surface area contributed by atoms with E-state index in [0.29, 0.717) is 0 Å². The molecule has 0 aliphatic heterocycles. The highest BCUT2D eigenvalue weighted by Gasteiger charge is 2.28. The van der Waals surface area contributed by atoms with E-state index < -0.39 is 34.5 Å². The van der Waals surface area contributed by atoms with Crippen molar-refractivity contribution in [3.05, 3.63) is 0 Å². The lowest BCUT2D eigenvalue weighted by molar-refractivity contribution is -0.139. The molecule has 96 valence electrons. The zero-order valence-electron chi connectivity index (χ0n) is 8.54. The maximum atomic E-state index is 11.7. The number of sulfone groups is 1. The van der Waals surface area contributed by atoms with Gasteiger partial charge in [-0.2, -0.15) is 13.2 Å². The third-order valence-corrected chi connectivity index (χ3v) is 2.58. The number of carbonyl (C=O) groups is 1. The van der Waals surface area contributed by atoms with E-state index in [2.05, 4.69) is 0 Å². The molecular weight excluding hydrogens is 249 g/mol. The van der Waals surface area contributed by atoms with Crippen molar-refractivity contribution < 1.29 is 26.4 Å². The van der Waals surface area contributed by atoms with E-state index in [1.807, 2.05) is 0 Å². The van der Waals surface area contributed by atoms with Crippen LogP contribution in [0.1, 0.15) is 6.42 Å². The third-order valence-electron chi connectivity index (χ3n) is 1.60. The summed E-state index contributed by atoms with van der Waals surface area (Å²) in [6, 6.07) is -1.25. The average Bonchev–Trinajstić information content (AvgIpc) is 2.07. The number of halogens is 3. The molecule has 0 aliphatic carbocycles. The summed E-state index contributed by atoms with van der Waals surface area (Å²) in [7, 11) is -3.28. The van der Waals surface area contributed by atoms with Crippen molar-refractivity contribution in [1.82, 2.24) is 5.32 Å². The van der Waals surface area contributed by atoms with Crippen LogP contribution in [-0.2, 0) is 14.6 Å².